The van der Waals surface area contributed by atoms with E-state index in [1.54, 1.807) is 11.3 Å². The molecule has 0 fully saturated rings. The predicted molar refractivity (Wildman–Crippen MR) is 130 cm³/mol. The molecule has 3 rings (SSSR count). The molecule has 0 atom stereocenters. The minimum absolute atomic E-state index is 0.0146. The first-order valence-corrected chi connectivity index (χ1v) is 12.4. The average molecular weight is 475 g/mol. The van der Waals surface area contributed by atoms with Crippen molar-refractivity contribution in [3.63, 3.8) is 0 Å². The number of aromatic nitrogens is 4. The van der Waals surface area contributed by atoms with Gasteiger partial charge in [-0.15, -0.1) is 21.5 Å². The lowest BCUT2D eigenvalue weighted by Gasteiger charge is -2.20. The van der Waals surface area contributed by atoms with E-state index in [0.717, 1.165) is 39.8 Å². The highest BCUT2D eigenvalue weighted by Crippen LogP contribution is 2.25. The summed E-state index contributed by atoms with van der Waals surface area (Å²) in [5.41, 5.74) is 1.63. The fourth-order valence-electron chi connectivity index (χ4n) is 2.99. The third-order valence-corrected chi connectivity index (χ3v) is 6.04. The number of amides is 1. The van der Waals surface area contributed by atoms with Gasteiger partial charge in [0.1, 0.15) is 11.6 Å². The number of carbonyl (C=O) groups excluding carboxylic acids is 1. The van der Waals surface area contributed by atoms with Crippen LogP contribution in [-0.4, -0.2) is 43.6 Å². The Labute approximate surface area is 197 Å². The van der Waals surface area contributed by atoms with Gasteiger partial charge in [-0.1, -0.05) is 11.8 Å². The topological polar surface area (TPSA) is 94.0 Å². The van der Waals surface area contributed by atoms with Crippen molar-refractivity contribution in [3.05, 3.63) is 41.2 Å². The fraction of sp³-hybridized carbons (Fsp3) is 0.455. The molecule has 2 N–H and O–H groups in total. The molecule has 0 aliphatic rings. The lowest BCUT2D eigenvalue weighted by molar-refractivity contribution is -0.119. The Morgan fingerprint density at radius 1 is 1.19 bits per heavy atom. The lowest BCUT2D eigenvalue weighted by Crippen LogP contribution is -2.41. The standard InChI is InChI=1S/C22H30N6O2S2/c1-6-28-18(26-27-21(28)32-14-19(29)25-22(3,4)5)12-16-13-31-20(24-16)23-15-8-10-17(11-9-15)30-7-2/h8-11,13H,6-7,12,14H2,1-5H3,(H,23,24)(H,25,29). The summed E-state index contributed by atoms with van der Waals surface area (Å²) in [4.78, 5) is 16.8. The predicted octanol–water partition coefficient (Wildman–Crippen LogP) is 4.49. The Morgan fingerprint density at radius 2 is 1.94 bits per heavy atom. The van der Waals surface area contributed by atoms with Crippen molar-refractivity contribution in [2.24, 2.45) is 0 Å². The number of carbonyl (C=O) groups is 1. The largest absolute Gasteiger partial charge is 0.494 e. The Kier molecular flexibility index (Phi) is 8.14. The van der Waals surface area contributed by atoms with Crippen molar-refractivity contribution >= 4 is 39.8 Å². The van der Waals surface area contributed by atoms with E-state index < -0.39 is 0 Å². The van der Waals surface area contributed by atoms with Crippen molar-refractivity contribution < 1.29 is 9.53 Å². The first-order chi connectivity index (χ1) is 15.3. The van der Waals surface area contributed by atoms with Gasteiger partial charge in [-0.2, -0.15) is 0 Å². The molecule has 2 aromatic heterocycles. The number of nitrogens with zero attached hydrogens (tertiary/aromatic N) is 4. The molecule has 1 amide bonds. The monoisotopic (exact) mass is 474 g/mol. The van der Waals surface area contributed by atoms with Crippen LogP contribution in [0.4, 0.5) is 10.8 Å². The molecule has 3 aromatic rings. The molecular formula is C22H30N6O2S2. The SMILES string of the molecule is CCOc1ccc(Nc2nc(Cc3nnc(SCC(=O)NC(C)(C)C)n3CC)cs2)cc1. The van der Waals surface area contributed by atoms with E-state index in [0.29, 0.717) is 18.8 Å². The average Bonchev–Trinajstić information content (AvgIpc) is 3.33. The number of nitrogens with one attached hydrogen (secondary N) is 2. The molecule has 1 aromatic carbocycles. The Morgan fingerprint density at radius 3 is 2.59 bits per heavy atom. The maximum absolute atomic E-state index is 12.1. The summed E-state index contributed by atoms with van der Waals surface area (Å²) in [5.74, 6) is 1.98. The highest BCUT2D eigenvalue weighted by atomic mass is 32.2. The van der Waals surface area contributed by atoms with Crippen LogP contribution in [0.25, 0.3) is 0 Å². The molecule has 0 aliphatic heterocycles. The molecule has 0 aliphatic carbocycles. The van der Waals surface area contributed by atoms with E-state index in [2.05, 4.69) is 25.8 Å². The van der Waals surface area contributed by atoms with Crippen LogP contribution in [0.3, 0.4) is 0 Å². The molecule has 0 saturated carbocycles. The van der Waals surface area contributed by atoms with Crippen molar-refractivity contribution in [1.82, 2.24) is 25.1 Å². The first-order valence-electron chi connectivity index (χ1n) is 10.6. The number of rotatable bonds is 10. The van der Waals surface area contributed by atoms with Gasteiger partial charge in [0, 0.05) is 23.2 Å². The van der Waals surface area contributed by atoms with Crippen molar-refractivity contribution in [2.75, 3.05) is 17.7 Å². The Balaban J connectivity index is 1.60. The smallest absolute Gasteiger partial charge is 0.230 e. The zero-order valence-corrected chi connectivity index (χ0v) is 20.8. The quantitative estimate of drug-likeness (QED) is 0.418. The Hall–Kier alpha value is -2.59. The molecule has 0 spiro atoms. The highest BCUT2D eigenvalue weighted by molar-refractivity contribution is 7.99. The van der Waals surface area contributed by atoms with Gasteiger partial charge in [0.15, 0.2) is 10.3 Å². The van der Waals surface area contributed by atoms with Crippen LogP contribution in [0.1, 0.15) is 46.1 Å². The van der Waals surface area contributed by atoms with Crippen LogP contribution >= 0.6 is 23.1 Å². The summed E-state index contributed by atoms with van der Waals surface area (Å²) in [6.45, 7) is 11.3. The van der Waals surface area contributed by atoms with Crippen LogP contribution in [0.5, 0.6) is 5.75 Å². The van der Waals surface area contributed by atoms with Gasteiger partial charge >= 0.3 is 0 Å². The fourth-order valence-corrected chi connectivity index (χ4v) is 4.54. The van der Waals surface area contributed by atoms with Gasteiger partial charge in [0.05, 0.1) is 24.5 Å². The van der Waals surface area contributed by atoms with Gasteiger partial charge < -0.3 is 19.9 Å². The van der Waals surface area contributed by atoms with E-state index in [-0.39, 0.29) is 11.4 Å². The summed E-state index contributed by atoms with van der Waals surface area (Å²) < 4.78 is 7.51. The molecular weight excluding hydrogens is 444 g/mol. The van der Waals surface area contributed by atoms with Crippen molar-refractivity contribution in [3.8, 4) is 5.75 Å². The van der Waals surface area contributed by atoms with E-state index >= 15 is 0 Å². The second-order valence-corrected chi connectivity index (χ2v) is 9.93. The second-order valence-electron chi connectivity index (χ2n) is 8.13. The first kappa shape index (κ1) is 24.1. The van der Waals surface area contributed by atoms with Crippen molar-refractivity contribution in [1.29, 1.82) is 0 Å². The summed E-state index contributed by atoms with van der Waals surface area (Å²) in [6, 6.07) is 7.81. The summed E-state index contributed by atoms with van der Waals surface area (Å²) in [7, 11) is 0. The third-order valence-electron chi connectivity index (χ3n) is 4.26. The zero-order chi connectivity index (χ0) is 23.1. The number of thioether (sulfide) groups is 1. The maximum atomic E-state index is 12.1. The molecule has 0 saturated heterocycles. The Bertz CT molecular complexity index is 1020. The van der Waals surface area contributed by atoms with Crippen LogP contribution in [0, 0.1) is 0 Å². The van der Waals surface area contributed by atoms with Gasteiger partial charge in [-0.25, -0.2) is 4.98 Å². The van der Waals surface area contributed by atoms with Crippen LogP contribution in [0.15, 0.2) is 34.8 Å². The number of anilines is 2. The second kappa shape index (κ2) is 10.8. The summed E-state index contributed by atoms with van der Waals surface area (Å²) in [5, 5.41) is 18.5. The lowest BCUT2D eigenvalue weighted by atomic mass is 10.1. The number of hydrogen-bond acceptors (Lipinski definition) is 8. The molecule has 0 radical (unpaired) electrons. The minimum atomic E-state index is -0.247. The maximum Gasteiger partial charge on any atom is 0.230 e. The van der Waals surface area contributed by atoms with Crippen molar-refractivity contribution in [2.45, 2.75) is 58.3 Å². The van der Waals surface area contributed by atoms with E-state index in [4.69, 9.17) is 4.74 Å². The minimum Gasteiger partial charge on any atom is -0.494 e. The number of thiazole rings is 1. The number of hydrogen-bond donors (Lipinski definition) is 2. The van der Waals surface area contributed by atoms with Crippen LogP contribution in [-0.2, 0) is 17.8 Å². The molecule has 2 heterocycles. The van der Waals surface area contributed by atoms with E-state index in [1.807, 2.05) is 68.8 Å². The van der Waals surface area contributed by atoms with Gasteiger partial charge in [-0.3, -0.25) is 4.79 Å². The zero-order valence-electron chi connectivity index (χ0n) is 19.1. The summed E-state index contributed by atoms with van der Waals surface area (Å²) >= 11 is 2.95. The molecule has 32 heavy (non-hydrogen) atoms. The van der Waals surface area contributed by atoms with Gasteiger partial charge in [0.25, 0.3) is 0 Å². The number of benzene rings is 1. The van der Waals surface area contributed by atoms with Crippen LogP contribution in [0.2, 0.25) is 0 Å². The molecule has 0 bridgehead atoms. The van der Waals surface area contributed by atoms with E-state index in [9.17, 15) is 4.79 Å². The highest BCUT2D eigenvalue weighted by Gasteiger charge is 2.17. The van der Waals surface area contributed by atoms with Gasteiger partial charge in [0.2, 0.25) is 5.91 Å². The molecule has 172 valence electrons. The number of ether oxygens (including phenoxy) is 1. The molecule has 10 heteroatoms. The van der Waals surface area contributed by atoms with E-state index in [1.165, 1.54) is 11.8 Å². The van der Waals surface area contributed by atoms with Gasteiger partial charge in [-0.05, 0) is 58.9 Å². The normalized spacial score (nSPS) is 11.4. The van der Waals surface area contributed by atoms with Crippen LogP contribution < -0.4 is 15.4 Å². The molecule has 0 unspecified atom stereocenters. The summed E-state index contributed by atoms with van der Waals surface area (Å²) in [6.07, 6.45) is 0.580. The molecule has 8 nitrogen and oxygen atoms in total. The third kappa shape index (κ3) is 6.96.